The summed E-state index contributed by atoms with van der Waals surface area (Å²) in [4.78, 5) is 10.8. The molecule has 1 aliphatic heterocycles. The lowest BCUT2D eigenvalue weighted by atomic mass is 9.93. The molecule has 0 unspecified atom stereocenters. The second-order valence-electron chi connectivity index (χ2n) is 6.61. The van der Waals surface area contributed by atoms with Gasteiger partial charge in [0.25, 0.3) is 0 Å². The van der Waals surface area contributed by atoms with E-state index < -0.39 is 5.67 Å². The number of likely N-dealkylation sites (tertiary alicyclic amines) is 1. The first-order valence-corrected chi connectivity index (χ1v) is 8.24. The van der Waals surface area contributed by atoms with Crippen LogP contribution in [0.2, 0.25) is 0 Å². The molecule has 0 spiro atoms. The molecule has 1 aliphatic rings. The smallest absolute Gasteiger partial charge is 0.130 e. The van der Waals surface area contributed by atoms with Gasteiger partial charge in [0.15, 0.2) is 0 Å². The molecule has 2 aromatic rings. The van der Waals surface area contributed by atoms with E-state index >= 15 is 4.39 Å². The Balaban J connectivity index is 1.50. The molecule has 0 amide bonds. The van der Waals surface area contributed by atoms with E-state index in [0.29, 0.717) is 24.5 Å². The van der Waals surface area contributed by atoms with E-state index in [1.807, 2.05) is 33.2 Å². The van der Waals surface area contributed by atoms with E-state index in [9.17, 15) is 0 Å². The van der Waals surface area contributed by atoms with Crippen molar-refractivity contribution in [3.63, 3.8) is 0 Å². The zero-order valence-electron chi connectivity index (χ0n) is 14.5. The number of aryl methyl sites for hydroxylation is 3. The van der Waals surface area contributed by atoms with Gasteiger partial charge in [0, 0.05) is 44.6 Å². The molecule has 0 bridgehead atoms. The Morgan fingerprint density at radius 3 is 2.62 bits per heavy atom. The SMILES string of the molecule is Cc1cc(NCC2(F)CCN(Cc3cn(C)nn3)CC2)nc(C)n1. The number of alkyl halides is 1. The summed E-state index contributed by atoms with van der Waals surface area (Å²) in [7, 11) is 1.85. The largest absolute Gasteiger partial charge is 0.367 e. The van der Waals surface area contributed by atoms with E-state index in [2.05, 4.69) is 30.5 Å². The Labute approximate surface area is 141 Å². The average Bonchev–Trinajstić information content (AvgIpc) is 2.92. The molecule has 0 aromatic carbocycles. The van der Waals surface area contributed by atoms with Gasteiger partial charge in [-0.3, -0.25) is 9.58 Å². The third-order valence-corrected chi connectivity index (χ3v) is 4.34. The summed E-state index contributed by atoms with van der Waals surface area (Å²) < 4.78 is 16.7. The quantitative estimate of drug-likeness (QED) is 0.897. The Morgan fingerprint density at radius 2 is 2.00 bits per heavy atom. The summed E-state index contributed by atoms with van der Waals surface area (Å²) in [5.74, 6) is 1.39. The van der Waals surface area contributed by atoms with E-state index in [-0.39, 0.29) is 6.54 Å². The van der Waals surface area contributed by atoms with Crippen LogP contribution in [-0.4, -0.2) is 55.2 Å². The molecule has 0 saturated carbocycles. The summed E-state index contributed by atoms with van der Waals surface area (Å²) in [5.41, 5.74) is 0.608. The number of halogens is 1. The molecule has 1 saturated heterocycles. The van der Waals surface area contributed by atoms with Crippen LogP contribution in [-0.2, 0) is 13.6 Å². The minimum atomic E-state index is -1.20. The van der Waals surface area contributed by atoms with Crippen molar-refractivity contribution in [1.82, 2.24) is 29.9 Å². The van der Waals surface area contributed by atoms with Gasteiger partial charge < -0.3 is 5.32 Å². The summed E-state index contributed by atoms with van der Waals surface area (Å²) >= 11 is 0. The van der Waals surface area contributed by atoms with Crippen LogP contribution in [0.4, 0.5) is 10.2 Å². The lowest BCUT2D eigenvalue weighted by Gasteiger charge is -2.36. The standard InChI is InChI=1S/C16H24FN7/c1-12-8-15(20-13(2)19-12)18-11-16(17)4-6-24(7-5-16)10-14-9-23(3)22-21-14/h8-9H,4-7,10-11H2,1-3H3,(H,18,19,20). The highest BCUT2D eigenvalue weighted by Crippen LogP contribution is 2.27. The van der Waals surface area contributed by atoms with Crippen LogP contribution >= 0.6 is 0 Å². The van der Waals surface area contributed by atoms with Crippen molar-refractivity contribution in [2.75, 3.05) is 25.0 Å². The fourth-order valence-corrected chi connectivity index (χ4v) is 3.04. The van der Waals surface area contributed by atoms with Crippen LogP contribution in [0.3, 0.4) is 0 Å². The van der Waals surface area contributed by atoms with Gasteiger partial charge >= 0.3 is 0 Å². The number of nitrogens with zero attached hydrogens (tertiary/aromatic N) is 6. The normalized spacial score (nSPS) is 17.8. The van der Waals surface area contributed by atoms with Crippen molar-refractivity contribution < 1.29 is 4.39 Å². The van der Waals surface area contributed by atoms with Crippen LogP contribution in [0.5, 0.6) is 0 Å². The van der Waals surface area contributed by atoms with Crippen molar-refractivity contribution in [1.29, 1.82) is 0 Å². The first-order chi connectivity index (χ1) is 11.4. The second-order valence-corrected chi connectivity index (χ2v) is 6.61. The fourth-order valence-electron chi connectivity index (χ4n) is 3.04. The van der Waals surface area contributed by atoms with Gasteiger partial charge in [0.1, 0.15) is 17.3 Å². The lowest BCUT2D eigenvalue weighted by molar-refractivity contribution is 0.0648. The van der Waals surface area contributed by atoms with Gasteiger partial charge in [-0.25, -0.2) is 14.4 Å². The van der Waals surface area contributed by atoms with Crippen LogP contribution in [0.15, 0.2) is 12.3 Å². The second kappa shape index (κ2) is 6.80. The minimum Gasteiger partial charge on any atom is -0.367 e. The van der Waals surface area contributed by atoms with Gasteiger partial charge in [-0.2, -0.15) is 0 Å². The molecule has 0 atom stereocenters. The fraction of sp³-hybridized carbons (Fsp3) is 0.625. The van der Waals surface area contributed by atoms with E-state index in [0.717, 1.165) is 31.0 Å². The number of rotatable bonds is 5. The van der Waals surface area contributed by atoms with Crippen molar-refractivity contribution in [2.45, 2.75) is 38.9 Å². The van der Waals surface area contributed by atoms with Crippen LogP contribution < -0.4 is 5.32 Å². The predicted molar refractivity (Wildman–Crippen MR) is 89.3 cm³/mol. The molecular weight excluding hydrogens is 309 g/mol. The molecule has 3 heterocycles. The highest BCUT2D eigenvalue weighted by atomic mass is 19.1. The minimum absolute atomic E-state index is 0.280. The number of piperidine rings is 1. The maximum absolute atomic E-state index is 15.0. The maximum Gasteiger partial charge on any atom is 0.130 e. The molecule has 0 aliphatic carbocycles. The Kier molecular flexibility index (Phi) is 4.75. The van der Waals surface area contributed by atoms with Crippen molar-refractivity contribution in [3.05, 3.63) is 29.5 Å². The number of aromatic nitrogens is 5. The monoisotopic (exact) mass is 333 g/mol. The van der Waals surface area contributed by atoms with Crippen LogP contribution in [0.25, 0.3) is 0 Å². The number of hydrogen-bond donors (Lipinski definition) is 1. The first kappa shape index (κ1) is 16.8. The summed E-state index contributed by atoms with van der Waals surface area (Å²) in [6, 6.07) is 1.85. The molecule has 130 valence electrons. The zero-order chi connectivity index (χ0) is 17.2. The number of hydrogen-bond acceptors (Lipinski definition) is 6. The molecule has 7 nitrogen and oxygen atoms in total. The lowest BCUT2D eigenvalue weighted by Crippen LogP contribution is -2.45. The van der Waals surface area contributed by atoms with Crippen LogP contribution in [0, 0.1) is 13.8 Å². The van der Waals surface area contributed by atoms with Gasteiger partial charge in [0.2, 0.25) is 0 Å². The maximum atomic E-state index is 15.0. The Bertz CT molecular complexity index is 671. The molecule has 24 heavy (non-hydrogen) atoms. The molecule has 3 rings (SSSR count). The molecule has 8 heteroatoms. The van der Waals surface area contributed by atoms with E-state index in [4.69, 9.17) is 0 Å². The summed E-state index contributed by atoms with van der Waals surface area (Å²) in [6.45, 7) is 6.20. The molecule has 0 radical (unpaired) electrons. The third kappa shape index (κ3) is 4.25. The predicted octanol–water partition coefficient (Wildman–Crippen LogP) is 1.64. The molecular formula is C16H24FN7. The van der Waals surface area contributed by atoms with Gasteiger partial charge in [-0.15, -0.1) is 5.10 Å². The van der Waals surface area contributed by atoms with Gasteiger partial charge in [-0.1, -0.05) is 5.21 Å². The van der Waals surface area contributed by atoms with Crippen molar-refractivity contribution >= 4 is 5.82 Å². The van der Waals surface area contributed by atoms with Crippen molar-refractivity contribution in [3.8, 4) is 0 Å². The van der Waals surface area contributed by atoms with Gasteiger partial charge in [0.05, 0.1) is 12.2 Å². The molecule has 1 fully saturated rings. The number of nitrogens with one attached hydrogen (secondary N) is 1. The molecule has 1 N–H and O–H groups in total. The highest BCUT2D eigenvalue weighted by molar-refractivity contribution is 5.36. The zero-order valence-corrected chi connectivity index (χ0v) is 14.5. The Hall–Kier alpha value is -2.09. The summed E-state index contributed by atoms with van der Waals surface area (Å²) in [6.07, 6.45) is 2.91. The van der Waals surface area contributed by atoms with Crippen LogP contribution in [0.1, 0.15) is 30.1 Å². The van der Waals surface area contributed by atoms with Crippen molar-refractivity contribution in [2.24, 2.45) is 7.05 Å². The summed E-state index contributed by atoms with van der Waals surface area (Å²) in [5, 5.41) is 11.2. The van der Waals surface area contributed by atoms with E-state index in [1.54, 1.807) is 4.68 Å². The Morgan fingerprint density at radius 1 is 1.25 bits per heavy atom. The van der Waals surface area contributed by atoms with E-state index in [1.165, 1.54) is 0 Å². The topological polar surface area (TPSA) is 71.8 Å². The van der Waals surface area contributed by atoms with Gasteiger partial charge in [-0.05, 0) is 26.7 Å². The first-order valence-electron chi connectivity index (χ1n) is 8.24. The molecule has 2 aromatic heterocycles. The number of anilines is 1. The third-order valence-electron chi connectivity index (χ3n) is 4.34. The highest BCUT2D eigenvalue weighted by Gasteiger charge is 2.34. The average molecular weight is 333 g/mol.